The van der Waals surface area contributed by atoms with Gasteiger partial charge in [-0.15, -0.1) is 11.8 Å². The zero-order valence-electron chi connectivity index (χ0n) is 7.89. The van der Waals surface area contributed by atoms with Crippen LogP contribution in [0.1, 0.15) is 26.7 Å². The van der Waals surface area contributed by atoms with Gasteiger partial charge in [0.05, 0.1) is 4.87 Å². The maximum Gasteiger partial charge on any atom is 0.0801 e. The van der Waals surface area contributed by atoms with E-state index in [-0.39, 0.29) is 0 Å². The number of piperidine rings is 1. The highest BCUT2D eigenvalue weighted by Gasteiger charge is 2.43. The van der Waals surface area contributed by atoms with Crippen molar-refractivity contribution in [1.29, 1.82) is 0 Å². The first-order chi connectivity index (χ1) is 5.73. The normalized spacial score (nSPS) is 48.5. The van der Waals surface area contributed by atoms with E-state index >= 15 is 0 Å². The Hall–Kier alpha value is 0.270. The standard InChI is InChI=1S/C9H18N2S/c1-7-6-11-9(12-7)4-3-5-10-8(9)2/h7-8,10-11H,3-6H2,1-2H3. The number of hydrogen-bond donors (Lipinski definition) is 2. The first-order valence-electron chi connectivity index (χ1n) is 4.89. The summed E-state index contributed by atoms with van der Waals surface area (Å²) in [4.78, 5) is 0.359. The fourth-order valence-electron chi connectivity index (χ4n) is 2.21. The molecule has 0 amide bonds. The van der Waals surface area contributed by atoms with Crippen molar-refractivity contribution < 1.29 is 0 Å². The van der Waals surface area contributed by atoms with E-state index in [1.54, 1.807) is 0 Å². The maximum absolute atomic E-state index is 3.67. The SMILES string of the molecule is CC1CNC2(CCCNC2C)S1. The second-order valence-electron chi connectivity index (χ2n) is 3.98. The molecule has 0 aromatic heterocycles. The quantitative estimate of drug-likeness (QED) is 0.594. The molecule has 2 nitrogen and oxygen atoms in total. The molecule has 3 unspecified atom stereocenters. The van der Waals surface area contributed by atoms with Gasteiger partial charge < -0.3 is 10.6 Å². The third-order valence-electron chi connectivity index (χ3n) is 2.98. The van der Waals surface area contributed by atoms with Crippen molar-refractivity contribution in [2.45, 2.75) is 42.9 Å². The summed E-state index contributed by atoms with van der Waals surface area (Å²) in [6.45, 7) is 6.99. The van der Waals surface area contributed by atoms with E-state index in [9.17, 15) is 0 Å². The van der Waals surface area contributed by atoms with Crippen molar-refractivity contribution in [2.75, 3.05) is 13.1 Å². The van der Waals surface area contributed by atoms with Gasteiger partial charge in [0, 0.05) is 17.8 Å². The average molecular weight is 186 g/mol. The molecule has 0 aromatic carbocycles. The van der Waals surface area contributed by atoms with Gasteiger partial charge in [-0.25, -0.2) is 0 Å². The molecule has 3 atom stereocenters. The second-order valence-corrected chi connectivity index (χ2v) is 5.75. The van der Waals surface area contributed by atoms with Crippen LogP contribution >= 0.6 is 11.8 Å². The summed E-state index contributed by atoms with van der Waals surface area (Å²) in [5.74, 6) is 0. The lowest BCUT2D eigenvalue weighted by Crippen LogP contribution is -2.56. The number of thioether (sulfide) groups is 1. The van der Waals surface area contributed by atoms with Crippen molar-refractivity contribution >= 4 is 11.8 Å². The molecule has 0 bridgehead atoms. The summed E-state index contributed by atoms with van der Waals surface area (Å²) in [5.41, 5.74) is 0. The zero-order chi connectivity index (χ0) is 8.60. The highest BCUT2D eigenvalue weighted by atomic mass is 32.2. The molecule has 2 N–H and O–H groups in total. The smallest absolute Gasteiger partial charge is 0.0801 e. The third kappa shape index (κ3) is 1.38. The van der Waals surface area contributed by atoms with Gasteiger partial charge in [0.25, 0.3) is 0 Å². The van der Waals surface area contributed by atoms with E-state index < -0.39 is 0 Å². The number of hydrogen-bond acceptors (Lipinski definition) is 3. The molecule has 2 aliphatic rings. The highest BCUT2D eigenvalue weighted by Crippen LogP contribution is 2.40. The van der Waals surface area contributed by atoms with Gasteiger partial charge >= 0.3 is 0 Å². The summed E-state index contributed by atoms with van der Waals surface area (Å²) in [6.07, 6.45) is 2.65. The molecule has 0 radical (unpaired) electrons. The Morgan fingerprint density at radius 1 is 1.42 bits per heavy atom. The minimum atomic E-state index is 0.359. The molecule has 3 heteroatoms. The maximum atomic E-state index is 3.67. The summed E-state index contributed by atoms with van der Waals surface area (Å²) in [7, 11) is 0. The molecule has 2 saturated heterocycles. The molecule has 1 spiro atoms. The van der Waals surface area contributed by atoms with Crippen LogP contribution in [0.15, 0.2) is 0 Å². The molecule has 0 aromatic rings. The first-order valence-corrected chi connectivity index (χ1v) is 5.77. The predicted molar refractivity (Wildman–Crippen MR) is 54.5 cm³/mol. The van der Waals surface area contributed by atoms with E-state index in [0.717, 1.165) is 5.25 Å². The van der Waals surface area contributed by atoms with Crippen molar-refractivity contribution in [3.8, 4) is 0 Å². The van der Waals surface area contributed by atoms with Gasteiger partial charge in [-0.3, -0.25) is 0 Å². The third-order valence-corrected chi connectivity index (χ3v) is 4.67. The Labute approximate surface area is 78.9 Å². The summed E-state index contributed by atoms with van der Waals surface area (Å²) >= 11 is 2.12. The van der Waals surface area contributed by atoms with Gasteiger partial charge in [0.2, 0.25) is 0 Å². The van der Waals surface area contributed by atoms with Crippen molar-refractivity contribution in [2.24, 2.45) is 0 Å². The van der Waals surface area contributed by atoms with Gasteiger partial charge in [-0.05, 0) is 26.3 Å². The summed E-state index contributed by atoms with van der Waals surface area (Å²) < 4.78 is 0. The van der Waals surface area contributed by atoms with Crippen molar-refractivity contribution in [3.63, 3.8) is 0 Å². The highest BCUT2D eigenvalue weighted by molar-refractivity contribution is 8.01. The molecule has 2 fully saturated rings. The second kappa shape index (κ2) is 3.20. The zero-order valence-corrected chi connectivity index (χ0v) is 8.71. The van der Waals surface area contributed by atoms with Crippen molar-refractivity contribution in [3.05, 3.63) is 0 Å². The van der Waals surface area contributed by atoms with Crippen LogP contribution in [0.2, 0.25) is 0 Å². The molecular weight excluding hydrogens is 168 g/mol. The molecular formula is C9H18N2S. The topological polar surface area (TPSA) is 24.1 Å². The Balaban J connectivity index is 2.07. The largest absolute Gasteiger partial charge is 0.312 e. The van der Waals surface area contributed by atoms with Crippen LogP contribution in [0.3, 0.4) is 0 Å². The van der Waals surface area contributed by atoms with E-state index in [0.29, 0.717) is 10.9 Å². The number of nitrogens with one attached hydrogen (secondary N) is 2. The van der Waals surface area contributed by atoms with Gasteiger partial charge in [0.15, 0.2) is 0 Å². The first kappa shape index (κ1) is 8.85. The van der Waals surface area contributed by atoms with Crippen LogP contribution in [0.4, 0.5) is 0 Å². The summed E-state index contributed by atoms with van der Waals surface area (Å²) in [5, 5.41) is 8.01. The van der Waals surface area contributed by atoms with E-state index in [1.807, 2.05) is 0 Å². The monoisotopic (exact) mass is 186 g/mol. The van der Waals surface area contributed by atoms with E-state index in [1.165, 1.54) is 25.9 Å². The van der Waals surface area contributed by atoms with Crippen molar-refractivity contribution in [1.82, 2.24) is 10.6 Å². The number of rotatable bonds is 0. The Bertz CT molecular complexity index is 170. The lowest BCUT2D eigenvalue weighted by molar-refractivity contribution is 0.298. The van der Waals surface area contributed by atoms with Crippen LogP contribution in [0.25, 0.3) is 0 Å². The molecule has 70 valence electrons. The molecule has 12 heavy (non-hydrogen) atoms. The Morgan fingerprint density at radius 2 is 2.25 bits per heavy atom. The Kier molecular flexibility index (Phi) is 2.36. The van der Waals surface area contributed by atoms with Gasteiger partial charge in [0.1, 0.15) is 0 Å². The van der Waals surface area contributed by atoms with Gasteiger partial charge in [-0.1, -0.05) is 6.92 Å². The van der Waals surface area contributed by atoms with E-state index in [2.05, 4.69) is 36.2 Å². The predicted octanol–water partition coefficient (Wildman–Crippen LogP) is 1.18. The lowest BCUT2D eigenvalue weighted by Gasteiger charge is -2.39. The summed E-state index contributed by atoms with van der Waals surface area (Å²) in [6, 6.07) is 0.626. The van der Waals surface area contributed by atoms with Crippen LogP contribution in [0, 0.1) is 0 Å². The van der Waals surface area contributed by atoms with Crippen LogP contribution < -0.4 is 10.6 Å². The average Bonchev–Trinajstić information content (AvgIpc) is 2.41. The fourth-order valence-corrected chi connectivity index (χ4v) is 3.81. The molecule has 2 heterocycles. The van der Waals surface area contributed by atoms with E-state index in [4.69, 9.17) is 0 Å². The Morgan fingerprint density at radius 3 is 2.83 bits per heavy atom. The van der Waals surface area contributed by atoms with Crippen LogP contribution in [-0.4, -0.2) is 29.3 Å². The van der Waals surface area contributed by atoms with Crippen LogP contribution in [-0.2, 0) is 0 Å². The lowest BCUT2D eigenvalue weighted by atomic mass is 9.99. The van der Waals surface area contributed by atoms with Crippen LogP contribution in [0.5, 0.6) is 0 Å². The molecule has 0 aliphatic carbocycles. The minimum absolute atomic E-state index is 0.359. The molecule has 2 aliphatic heterocycles. The molecule has 2 rings (SSSR count). The van der Waals surface area contributed by atoms with Gasteiger partial charge in [-0.2, -0.15) is 0 Å². The fraction of sp³-hybridized carbons (Fsp3) is 1.00. The molecule has 0 saturated carbocycles. The minimum Gasteiger partial charge on any atom is -0.312 e.